The molecule has 2 rings (SSSR count). The summed E-state index contributed by atoms with van der Waals surface area (Å²) in [4.78, 5) is 19.8. The molecule has 0 fully saturated rings. The third-order valence-corrected chi connectivity index (χ3v) is 2.65. The lowest BCUT2D eigenvalue weighted by atomic mass is 10.1. The van der Waals surface area contributed by atoms with E-state index in [4.69, 9.17) is 0 Å². The summed E-state index contributed by atoms with van der Waals surface area (Å²) in [6, 6.07) is 7.29. The number of carbonyl (C=O) groups is 1. The van der Waals surface area contributed by atoms with Crippen molar-refractivity contribution in [2.45, 2.75) is 6.42 Å². The quantitative estimate of drug-likeness (QED) is 0.810. The van der Waals surface area contributed by atoms with Crippen LogP contribution >= 0.6 is 15.9 Å². The van der Waals surface area contributed by atoms with Gasteiger partial charge in [-0.25, -0.2) is 0 Å². The van der Waals surface area contributed by atoms with E-state index < -0.39 is 0 Å². The van der Waals surface area contributed by atoms with Gasteiger partial charge in [-0.1, -0.05) is 28.1 Å². The summed E-state index contributed by atoms with van der Waals surface area (Å²) in [7, 11) is 0. The van der Waals surface area contributed by atoms with Gasteiger partial charge in [-0.3, -0.25) is 14.8 Å². The van der Waals surface area contributed by atoms with Crippen LogP contribution < -0.4 is 0 Å². The maximum absolute atomic E-state index is 11.8. The largest absolute Gasteiger partial charge is 0.294 e. The lowest BCUT2D eigenvalue weighted by molar-refractivity contribution is 0.0992. The number of aromatic nitrogens is 2. The van der Waals surface area contributed by atoms with E-state index in [-0.39, 0.29) is 12.2 Å². The Labute approximate surface area is 102 Å². The van der Waals surface area contributed by atoms with Gasteiger partial charge in [0.15, 0.2) is 5.78 Å². The summed E-state index contributed by atoms with van der Waals surface area (Å²) >= 11 is 3.33. The Morgan fingerprint density at radius 3 is 2.56 bits per heavy atom. The fourth-order valence-electron chi connectivity index (χ4n) is 1.32. The fourth-order valence-corrected chi connectivity index (χ4v) is 1.59. The summed E-state index contributed by atoms with van der Waals surface area (Å²) in [5.41, 5.74) is 1.38. The van der Waals surface area contributed by atoms with Crippen molar-refractivity contribution in [2.24, 2.45) is 0 Å². The number of nitrogens with zero attached hydrogens (tertiary/aromatic N) is 2. The minimum Gasteiger partial charge on any atom is -0.294 e. The maximum Gasteiger partial charge on any atom is 0.168 e. The molecule has 1 aromatic carbocycles. The molecule has 0 saturated carbocycles. The highest BCUT2D eigenvalue weighted by Crippen LogP contribution is 2.12. The van der Waals surface area contributed by atoms with Gasteiger partial charge in [-0.05, 0) is 12.1 Å². The molecule has 4 heteroatoms. The van der Waals surface area contributed by atoms with E-state index in [1.54, 1.807) is 30.7 Å². The number of carbonyl (C=O) groups excluding carboxylic acids is 1. The van der Waals surface area contributed by atoms with Gasteiger partial charge in [0.1, 0.15) is 0 Å². The number of hydrogen-bond acceptors (Lipinski definition) is 3. The van der Waals surface area contributed by atoms with Crippen LogP contribution in [0.2, 0.25) is 0 Å². The highest BCUT2D eigenvalue weighted by atomic mass is 79.9. The standard InChI is InChI=1S/C12H9BrN2O/c13-10-3-1-9(2-4-10)12(16)7-11-8-14-5-6-15-11/h1-6,8H,7H2. The highest BCUT2D eigenvalue weighted by Gasteiger charge is 2.07. The average Bonchev–Trinajstić information content (AvgIpc) is 2.31. The zero-order chi connectivity index (χ0) is 11.4. The average molecular weight is 277 g/mol. The first kappa shape index (κ1) is 11.0. The molecule has 80 valence electrons. The van der Waals surface area contributed by atoms with Crippen molar-refractivity contribution in [3.8, 4) is 0 Å². The van der Waals surface area contributed by atoms with Crippen LogP contribution in [0.1, 0.15) is 16.1 Å². The molecule has 0 aliphatic rings. The first-order valence-electron chi connectivity index (χ1n) is 4.79. The molecular formula is C12H9BrN2O. The highest BCUT2D eigenvalue weighted by molar-refractivity contribution is 9.10. The zero-order valence-corrected chi connectivity index (χ0v) is 10.0. The molecule has 0 aliphatic heterocycles. The monoisotopic (exact) mass is 276 g/mol. The second-order valence-corrected chi connectivity index (χ2v) is 4.22. The fraction of sp³-hybridized carbons (Fsp3) is 0.0833. The number of hydrogen-bond donors (Lipinski definition) is 0. The molecule has 0 aliphatic carbocycles. The molecule has 3 nitrogen and oxygen atoms in total. The smallest absolute Gasteiger partial charge is 0.168 e. The molecule has 1 heterocycles. The van der Waals surface area contributed by atoms with Crippen LogP contribution in [0.15, 0.2) is 47.3 Å². The molecule has 1 aromatic heterocycles. The summed E-state index contributed by atoms with van der Waals surface area (Å²) in [6.45, 7) is 0. The SMILES string of the molecule is O=C(Cc1cnccn1)c1ccc(Br)cc1. The van der Waals surface area contributed by atoms with Crippen LogP contribution in [0.25, 0.3) is 0 Å². The van der Waals surface area contributed by atoms with Crippen LogP contribution in [-0.4, -0.2) is 15.8 Å². The number of ketones is 1. The van der Waals surface area contributed by atoms with E-state index in [2.05, 4.69) is 25.9 Å². The number of Topliss-reactive ketones (excluding diaryl/α,β-unsaturated/α-hetero) is 1. The van der Waals surface area contributed by atoms with Crippen molar-refractivity contribution in [1.82, 2.24) is 9.97 Å². The van der Waals surface area contributed by atoms with Gasteiger partial charge >= 0.3 is 0 Å². The number of benzene rings is 1. The summed E-state index contributed by atoms with van der Waals surface area (Å²) in [6.07, 6.45) is 5.07. The van der Waals surface area contributed by atoms with Crippen LogP contribution in [0.4, 0.5) is 0 Å². The Kier molecular flexibility index (Phi) is 3.41. The molecular weight excluding hydrogens is 268 g/mol. The molecule has 2 aromatic rings. The van der Waals surface area contributed by atoms with Crippen LogP contribution in [-0.2, 0) is 6.42 Å². The minimum absolute atomic E-state index is 0.0491. The van der Waals surface area contributed by atoms with E-state index in [1.165, 1.54) is 0 Å². The van der Waals surface area contributed by atoms with Gasteiger partial charge in [0, 0.05) is 28.6 Å². The van der Waals surface area contributed by atoms with Crippen molar-refractivity contribution >= 4 is 21.7 Å². The lowest BCUT2D eigenvalue weighted by Gasteiger charge is -2.00. The lowest BCUT2D eigenvalue weighted by Crippen LogP contribution is -2.04. The molecule has 0 atom stereocenters. The summed E-state index contributed by atoms with van der Waals surface area (Å²) in [5, 5.41) is 0. The predicted molar refractivity (Wildman–Crippen MR) is 64.2 cm³/mol. The van der Waals surface area contributed by atoms with Crippen molar-refractivity contribution in [1.29, 1.82) is 0 Å². The van der Waals surface area contributed by atoms with Crippen molar-refractivity contribution in [2.75, 3.05) is 0 Å². The Hall–Kier alpha value is -1.55. The minimum atomic E-state index is 0.0491. The van der Waals surface area contributed by atoms with Gasteiger partial charge in [0.25, 0.3) is 0 Å². The predicted octanol–water partition coefficient (Wildman–Crippen LogP) is 2.66. The van der Waals surface area contributed by atoms with Gasteiger partial charge in [-0.2, -0.15) is 0 Å². The third-order valence-electron chi connectivity index (χ3n) is 2.12. The second kappa shape index (κ2) is 4.99. The number of halogens is 1. The van der Waals surface area contributed by atoms with E-state index in [0.29, 0.717) is 11.3 Å². The van der Waals surface area contributed by atoms with Crippen LogP contribution in [0.3, 0.4) is 0 Å². The van der Waals surface area contributed by atoms with E-state index in [1.807, 2.05) is 12.1 Å². The molecule has 0 unspecified atom stereocenters. The van der Waals surface area contributed by atoms with Crippen LogP contribution in [0, 0.1) is 0 Å². The van der Waals surface area contributed by atoms with Crippen molar-refractivity contribution in [3.63, 3.8) is 0 Å². The molecule has 0 saturated heterocycles. The summed E-state index contributed by atoms with van der Waals surface area (Å²) in [5.74, 6) is 0.0491. The molecule has 16 heavy (non-hydrogen) atoms. The van der Waals surface area contributed by atoms with E-state index >= 15 is 0 Å². The zero-order valence-electron chi connectivity index (χ0n) is 8.43. The Morgan fingerprint density at radius 2 is 1.94 bits per heavy atom. The second-order valence-electron chi connectivity index (χ2n) is 3.30. The maximum atomic E-state index is 11.8. The topological polar surface area (TPSA) is 42.9 Å². The summed E-state index contributed by atoms with van der Waals surface area (Å²) < 4.78 is 0.962. The first-order chi connectivity index (χ1) is 7.75. The molecule has 0 amide bonds. The van der Waals surface area contributed by atoms with E-state index in [9.17, 15) is 4.79 Å². The van der Waals surface area contributed by atoms with Gasteiger partial charge in [0.05, 0.1) is 12.1 Å². The van der Waals surface area contributed by atoms with Crippen molar-refractivity contribution < 1.29 is 4.79 Å². The Morgan fingerprint density at radius 1 is 1.19 bits per heavy atom. The van der Waals surface area contributed by atoms with Gasteiger partial charge in [-0.15, -0.1) is 0 Å². The van der Waals surface area contributed by atoms with Gasteiger partial charge < -0.3 is 0 Å². The molecule has 0 spiro atoms. The normalized spacial score (nSPS) is 10.1. The third kappa shape index (κ3) is 2.73. The van der Waals surface area contributed by atoms with E-state index in [0.717, 1.165) is 4.47 Å². The van der Waals surface area contributed by atoms with Crippen molar-refractivity contribution in [3.05, 3.63) is 58.6 Å². The number of rotatable bonds is 3. The Bertz CT molecular complexity index is 482. The Balaban J connectivity index is 2.12. The molecule has 0 radical (unpaired) electrons. The van der Waals surface area contributed by atoms with Gasteiger partial charge in [0.2, 0.25) is 0 Å². The van der Waals surface area contributed by atoms with Crippen LogP contribution in [0.5, 0.6) is 0 Å². The first-order valence-corrected chi connectivity index (χ1v) is 5.58. The molecule has 0 N–H and O–H groups in total. The molecule has 0 bridgehead atoms.